The van der Waals surface area contributed by atoms with Crippen LogP contribution in [0, 0.1) is 0 Å². The van der Waals surface area contributed by atoms with Gasteiger partial charge in [0.2, 0.25) is 0 Å². The fourth-order valence-electron chi connectivity index (χ4n) is 15.4. The summed E-state index contributed by atoms with van der Waals surface area (Å²) in [5.74, 6) is -0.679. The second kappa shape index (κ2) is 52.5. The van der Waals surface area contributed by atoms with E-state index in [2.05, 4.69) is 23.0 Å². The van der Waals surface area contributed by atoms with Crippen LogP contribution in [0.25, 0.3) is 10.4 Å². The summed E-state index contributed by atoms with van der Waals surface area (Å²) in [6.07, 6.45) is -1.20. The van der Waals surface area contributed by atoms with Gasteiger partial charge < -0.3 is 80.9 Å². The second-order valence-electron chi connectivity index (χ2n) is 31.3. The molecule has 0 radical (unpaired) electrons. The third-order valence-electron chi connectivity index (χ3n) is 21.9. The van der Waals surface area contributed by atoms with Crippen LogP contribution in [0.4, 0.5) is 0 Å². The number of rotatable bonds is 53. The van der Waals surface area contributed by atoms with Crippen molar-refractivity contribution in [2.75, 3.05) is 26.4 Å². The summed E-state index contributed by atoms with van der Waals surface area (Å²) in [4.78, 5) is 17.5. The van der Waals surface area contributed by atoms with Crippen molar-refractivity contribution in [2.24, 2.45) is 5.11 Å². The summed E-state index contributed by atoms with van der Waals surface area (Å²) in [7, 11) is 0. The molecule has 0 amide bonds. The smallest absolute Gasteiger partial charge is 0.303 e. The maximum atomic E-state index is 14.1. The minimum Gasteiger partial charge on any atom is -0.454 e. The van der Waals surface area contributed by atoms with Gasteiger partial charge in [-0.2, -0.15) is 0 Å². The molecule has 12 rings (SSSR count). The first-order chi connectivity index (χ1) is 60.2. The molecule has 3 fully saturated rings. The van der Waals surface area contributed by atoms with E-state index in [9.17, 15) is 15.4 Å². The van der Waals surface area contributed by atoms with Crippen molar-refractivity contribution < 1.29 is 85.7 Å². The van der Waals surface area contributed by atoms with Crippen LogP contribution in [0.2, 0.25) is 0 Å². The van der Waals surface area contributed by atoms with E-state index in [-0.39, 0.29) is 85.9 Å². The van der Waals surface area contributed by atoms with Crippen molar-refractivity contribution >= 4 is 5.97 Å². The van der Waals surface area contributed by atoms with Gasteiger partial charge in [0.05, 0.1) is 98.0 Å². The highest BCUT2D eigenvalue weighted by Crippen LogP contribution is 2.40. The normalized spacial score (nSPS) is 23.4. The molecule has 3 heterocycles. The van der Waals surface area contributed by atoms with E-state index in [0.29, 0.717) is 0 Å². The van der Waals surface area contributed by atoms with Crippen molar-refractivity contribution in [3.63, 3.8) is 0 Å². The largest absolute Gasteiger partial charge is 0.454 e. The third-order valence-corrected chi connectivity index (χ3v) is 21.9. The van der Waals surface area contributed by atoms with Gasteiger partial charge in [0.1, 0.15) is 67.1 Å². The third kappa shape index (κ3) is 30.4. The molecule has 0 aliphatic carbocycles. The number of nitrogens with zero attached hydrogens (tertiary/aromatic N) is 3. The van der Waals surface area contributed by atoms with Crippen LogP contribution in [-0.4, -0.2) is 142 Å². The van der Waals surface area contributed by atoms with E-state index in [4.69, 9.17) is 75.8 Å². The molecular formula is C101H121N3O18. The molecular weight excluding hydrogens is 1540 g/mol. The number of carbonyl (C=O) groups excluding carboxylic acids is 1. The Morgan fingerprint density at radius 2 is 0.689 bits per heavy atom. The number of aliphatic hydroxyl groups is 1. The quantitative estimate of drug-likeness (QED) is 0.00932. The SMILES string of the molecule is CCCCCCCCCCCCC/C=C/[C@@H](OCc1ccccc1)[C@H](CO[C@@H]1OC(COCc2ccccc2)[C@@H](O[C@@H]2OC(COCc3ccccc3)[C@H](O[C@@H]3OC(COCc4ccccc4)[C@H](OCc4ccccc4)[C@H](O)C3OCc3ccccc3)[C@@H](OCc3ccccc3)C2OCc2ccccc2)[C@@H](OCc2ccccc2)C1OC(C)=O)N=[N+]=[N-]. The summed E-state index contributed by atoms with van der Waals surface area (Å²) < 4.78 is 114. The number of hydrogen-bond donors (Lipinski definition) is 1. The zero-order valence-electron chi connectivity index (χ0n) is 70.4. The Bertz CT molecular complexity index is 4360. The number of allylic oxidation sites excluding steroid dienone is 1. The van der Waals surface area contributed by atoms with Gasteiger partial charge in [-0.3, -0.25) is 4.79 Å². The van der Waals surface area contributed by atoms with Crippen molar-refractivity contribution in [1.82, 2.24) is 0 Å². The van der Waals surface area contributed by atoms with Gasteiger partial charge in [0, 0.05) is 11.8 Å². The first kappa shape index (κ1) is 92.1. The van der Waals surface area contributed by atoms with Gasteiger partial charge in [-0.1, -0.05) is 361 Å². The fraction of sp³-hybridized carbons (Fsp3) is 0.436. The Balaban J connectivity index is 0.924. The Kier molecular flexibility index (Phi) is 39.6. The lowest BCUT2D eigenvalue weighted by Crippen LogP contribution is -2.68. The first-order valence-electron chi connectivity index (χ1n) is 43.4. The number of azide groups is 1. The van der Waals surface area contributed by atoms with Crippen LogP contribution >= 0.6 is 0 Å². The average Bonchev–Trinajstić information content (AvgIpc) is 0.728. The predicted molar refractivity (Wildman–Crippen MR) is 465 cm³/mol. The highest BCUT2D eigenvalue weighted by molar-refractivity contribution is 5.66. The lowest BCUT2D eigenvalue weighted by Gasteiger charge is -2.51. The molecule has 6 unspecified atom stereocenters. The van der Waals surface area contributed by atoms with Crippen LogP contribution in [0.1, 0.15) is 141 Å². The van der Waals surface area contributed by atoms with Gasteiger partial charge in [-0.15, -0.1) is 0 Å². The van der Waals surface area contributed by atoms with Crippen LogP contribution in [0.3, 0.4) is 0 Å². The monoisotopic (exact) mass is 1660 g/mol. The highest BCUT2D eigenvalue weighted by Gasteiger charge is 2.58. The van der Waals surface area contributed by atoms with Crippen LogP contribution in [0.5, 0.6) is 0 Å². The topological polar surface area (TPSA) is 234 Å². The Labute approximate surface area is 719 Å². The molecule has 0 aromatic heterocycles. The Morgan fingerprint density at radius 1 is 0.377 bits per heavy atom. The van der Waals surface area contributed by atoms with E-state index in [1.54, 1.807) is 0 Å². The van der Waals surface area contributed by atoms with E-state index >= 15 is 0 Å². The molecule has 0 bridgehead atoms. The fourth-order valence-corrected chi connectivity index (χ4v) is 15.4. The van der Waals surface area contributed by atoms with Gasteiger partial charge in [0.25, 0.3) is 0 Å². The van der Waals surface area contributed by atoms with Gasteiger partial charge in [-0.25, -0.2) is 0 Å². The number of esters is 1. The summed E-state index contributed by atoms with van der Waals surface area (Å²) in [5, 5.41) is 17.6. The highest BCUT2D eigenvalue weighted by atomic mass is 16.8. The van der Waals surface area contributed by atoms with Crippen molar-refractivity contribution in [2.45, 2.75) is 255 Å². The number of aliphatic hydroxyl groups excluding tert-OH is 1. The molecule has 1 N–H and O–H groups in total. The van der Waals surface area contributed by atoms with Crippen molar-refractivity contribution in [3.8, 4) is 0 Å². The molecule has 9 aromatic rings. The molecule has 0 spiro atoms. The summed E-state index contributed by atoms with van der Waals surface area (Å²) >= 11 is 0. The van der Waals surface area contributed by atoms with E-state index in [1.807, 2.05) is 279 Å². The van der Waals surface area contributed by atoms with Gasteiger partial charge in [0.15, 0.2) is 25.0 Å². The number of hydrogen-bond acceptors (Lipinski definition) is 19. The maximum Gasteiger partial charge on any atom is 0.303 e. The van der Waals surface area contributed by atoms with E-state index in [1.165, 1.54) is 58.3 Å². The molecule has 9 aromatic carbocycles. The number of unbranched alkanes of at least 4 members (excludes halogenated alkanes) is 11. The van der Waals surface area contributed by atoms with Crippen molar-refractivity contribution in [1.29, 1.82) is 0 Å². The number of benzene rings is 9. The van der Waals surface area contributed by atoms with Crippen LogP contribution in [-0.2, 0) is 140 Å². The van der Waals surface area contributed by atoms with Crippen LogP contribution < -0.4 is 0 Å². The summed E-state index contributed by atoms with van der Waals surface area (Å²) in [5.41, 5.74) is 18.2. The molecule has 17 atom stereocenters. The van der Waals surface area contributed by atoms with Gasteiger partial charge >= 0.3 is 5.97 Å². The molecule has 3 saturated heterocycles. The molecule has 3 aliphatic rings. The van der Waals surface area contributed by atoms with Gasteiger partial charge in [-0.05, 0) is 68.4 Å². The van der Waals surface area contributed by atoms with E-state index < -0.39 is 110 Å². The van der Waals surface area contributed by atoms with E-state index in [0.717, 1.165) is 75.8 Å². The number of ether oxygens (including phenoxy) is 16. The van der Waals surface area contributed by atoms with Crippen molar-refractivity contribution in [3.05, 3.63) is 346 Å². The summed E-state index contributed by atoms with van der Waals surface area (Å²) in [6.45, 7) is 3.91. The molecule has 0 saturated carbocycles. The molecule has 648 valence electrons. The number of carbonyl (C=O) groups is 1. The zero-order valence-corrected chi connectivity index (χ0v) is 70.4. The molecule has 3 aliphatic heterocycles. The first-order valence-corrected chi connectivity index (χ1v) is 43.4. The second-order valence-corrected chi connectivity index (χ2v) is 31.3. The zero-order chi connectivity index (χ0) is 84.2. The lowest BCUT2D eigenvalue weighted by molar-refractivity contribution is -0.393. The standard InChI is InChI=1S/C101H121N3O18/c1-3-4-5-6-7-8-9-10-11-12-13-14-42-61-86(110-65-79-49-30-18-31-50-79)85(103-104-102)71-116-99-98(117-75(2)105)96(114-69-83-57-38-22-39-58-83)93(88(118-99)73-108-63-77-45-26-16-27-46-77)122-101-97(115-70-84-59-40-23-41-60-84)95(113-68-82-55-36-21-37-56-82)92(89(120-101)74-109-64-78-47-28-17-29-48-78)121-100-94(112-67-81-53-34-20-35-54-81)90(106)91(111-66-80-51-32-19-33-52-80)87(119-100)72-107-62-76-43-24-15-25-44-76/h15-61,85-101,106H,3-14,62-74H2,1-2H3/b61-42+/t85-,86+,87?,88?,89?,90-,91-,92-,93+,94?,95+,96+,97?,98?,99+,100-,101-/m0/s1. The minimum absolute atomic E-state index is 0.00614. The average molecular weight is 1670 g/mol. The predicted octanol–water partition coefficient (Wildman–Crippen LogP) is 19.3. The lowest BCUT2D eigenvalue weighted by atomic mass is 9.95. The summed E-state index contributed by atoms with van der Waals surface area (Å²) in [6, 6.07) is 86.8. The molecule has 21 nitrogen and oxygen atoms in total. The Morgan fingerprint density at radius 3 is 1.07 bits per heavy atom. The maximum absolute atomic E-state index is 14.1. The molecule has 21 heteroatoms. The Hall–Kier alpha value is -9.14. The molecule has 122 heavy (non-hydrogen) atoms. The minimum atomic E-state index is -1.46. The van der Waals surface area contributed by atoms with Crippen LogP contribution in [0.15, 0.2) is 290 Å².